The van der Waals surface area contributed by atoms with E-state index in [2.05, 4.69) is 0 Å². The van der Waals surface area contributed by atoms with Gasteiger partial charge in [-0.1, -0.05) is 44.2 Å². The molecule has 0 bridgehead atoms. The van der Waals surface area contributed by atoms with Crippen LogP contribution in [0.25, 0.3) is 0 Å². The van der Waals surface area contributed by atoms with Crippen LogP contribution in [0.15, 0.2) is 59.5 Å². The van der Waals surface area contributed by atoms with Crippen LogP contribution in [-0.2, 0) is 26.1 Å². The van der Waals surface area contributed by atoms with Crippen molar-refractivity contribution in [3.63, 3.8) is 0 Å². The smallest absolute Gasteiger partial charge is 0.338 e. The van der Waals surface area contributed by atoms with Crippen molar-refractivity contribution in [1.82, 2.24) is 9.21 Å². The number of hydrogen-bond acceptors (Lipinski definition) is 5. The second-order valence-corrected chi connectivity index (χ2v) is 9.23. The van der Waals surface area contributed by atoms with Gasteiger partial charge in [-0.15, -0.1) is 0 Å². The highest BCUT2D eigenvalue weighted by atomic mass is 32.2. The van der Waals surface area contributed by atoms with Gasteiger partial charge in [0.2, 0.25) is 10.0 Å². The third kappa shape index (κ3) is 6.38. The first-order chi connectivity index (χ1) is 14.7. The van der Waals surface area contributed by atoms with Gasteiger partial charge in [0.15, 0.2) is 6.61 Å². The Labute approximate surface area is 184 Å². The van der Waals surface area contributed by atoms with Gasteiger partial charge in [-0.3, -0.25) is 4.79 Å². The molecule has 0 aliphatic heterocycles. The minimum Gasteiger partial charge on any atom is -0.452 e. The Kier molecular flexibility index (Phi) is 8.76. The van der Waals surface area contributed by atoms with Crippen LogP contribution in [0.4, 0.5) is 0 Å². The maximum atomic E-state index is 12.6. The van der Waals surface area contributed by atoms with Crippen LogP contribution in [0.5, 0.6) is 0 Å². The number of sulfonamides is 1. The van der Waals surface area contributed by atoms with Crippen molar-refractivity contribution in [3.8, 4) is 0 Å². The molecule has 0 N–H and O–H groups in total. The summed E-state index contributed by atoms with van der Waals surface area (Å²) in [7, 11) is -3.60. The molecular formula is C23H30N2O5S. The van der Waals surface area contributed by atoms with E-state index in [-0.39, 0.29) is 29.0 Å². The number of amides is 1. The Hall–Kier alpha value is -2.71. The Balaban J connectivity index is 2.02. The maximum absolute atomic E-state index is 12.6. The molecule has 0 aliphatic rings. The molecule has 8 heteroatoms. The van der Waals surface area contributed by atoms with Crippen molar-refractivity contribution in [2.75, 3.05) is 19.7 Å². The summed E-state index contributed by atoms with van der Waals surface area (Å²) in [6.45, 7) is 8.09. The molecule has 7 nitrogen and oxygen atoms in total. The van der Waals surface area contributed by atoms with Gasteiger partial charge in [-0.25, -0.2) is 13.2 Å². The van der Waals surface area contributed by atoms with Crippen molar-refractivity contribution >= 4 is 21.9 Å². The lowest BCUT2D eigenvalue weighted by Gasteiger charge is -2.26. The molecule has 31 heavy (non-hydrogen) atoms. The van der Waals surface area contributed by atoms with E-state index >= 15 is 0 Å². The Morgan fingerprint density at radius 3 is 2.03 bits per heavy atom. The molecule has 0 heterocycles. The van der Waals surface area contributed by atoms with Gasteiger partial charge in [0.05, 0.1) is 10.5 Å². The average Bonchev–Trinajstić information content (AvgIpc) is 2.76. The molecule has 0 aromatic heterocycles. The van der Waals surface area contributed by atoms with Gasteiger partial charge in [0.1, 0.15) is 0 Å². The average molecular weight is 447 g/mol. The number of esters is 1. The minimum atomic E-state index is -3.60. The first-order valence-corrected chi connectivity index (χ1v) is 11.7. The molecule has 0 saturated carbocycles. The number of carbonyl (C=O) groups excluding carboxylic acids is 2. The SMILES string of the molecule is CCN(CC)S(=O)(=O)c1ccc(C(=O)OCC(=O)N(Cc2ccccc2)C(C)C)cc1. The molecular weight excluding hydrogens is 416 g/mol. The molecule has 2 aromatic rings. The van der Waals surface area contributed by atoms with Gasteiger partial charge < -0.3 is 9.64 Å². The van der Waals surface area contributed by atoms with Gasteiger partial charge in [-0.2, -0.15) is 4.31 Å². The summed E-state index contributed by atoms with van der Waals surface area (Å²) >= 11 is 0. The number of nitrogens with zero attached hydrogens (tertiary/aromatic N) is 2. The van der Waals surface area contributed by atoms with Crippen LogP contribution in [0.3, 0.4) is 0 Å². The van der Waals surface area contributed by atoms with Crippen molar-refractivity contribution in [3.05, 3.63) is 65.7 Å². The number of carbonyl (C=O) groups is 2. The van der Waals surface area contributed by atoms with E-state index in [0.29, 0.717) is 19.6 Å². The summed E-state index contributed by atoms with van der Waals surface area (Å²) in [4.78, 5) is 26.7. The Morgan fingerprint density at radius 1 is 0.935 bits per heavy atom. The van der Waals surface area contributed by atoms with E-state index in [9.17, 15) is 18.0 Å². The first-order valence-electron chi connectivity index (χ1n) is 10.3. The van der Waals surface area contributed by atoms with Crippen molar-refractivity contribution < 1.29 is 22.7 Å². The van der Waals surface area contributed by atoms with E-state index in [1.54, 1.807) is 18.7 Å². The van der Waals surface area contributed by atoms with Gasteiger partial charge in [0.25, 0.3) is 5.91 Å². The molecule has 168 valence electrons. The number of ether oxygens (including phenoxy) is 1. The summed E-state index contributed by atoms with van der Waals surface area (Å²) in [5, 5.41) is 0. The van der Waals surface area contributed by atoms with E-state index in [4.69, 9.17) is 4.74 Å². The summed E-state index contributed by atoms with van der Waals surface area (Å²) in [6, 6.07) is 15.1. The van der Waals surface area contributed by atoms with Crippen LogP contribution < -0.4 is 0 Å². The van der Waals surface area contributed by atoms with E-state index < -0.39 is 16.0 Å². The first kappa shape index (κ1) is 24.6. The zero-order valence-electron chi connectivity index (χ0n) is 18.4. The van der Waals surface area contributed by atoms with Crippen LogP contribution in [0.2, 0.25) is 0 Å². The molecule has 0 saturated heterocycles. The Bertz CT molecular complexity index is 969. The summed E-state index contributed by atoms with van der Waals surface area (Å²) in [6.07, 6.45) is 0. The molecule has 2 rings (SSSR count). The van der Waals surface area contributed by atoms with E-state index in [0.717, 1.165) is 5.56 Å². The second kappa shape index (κ2) is 11.1. The van der Waals surface area contributed by atoms with Crippen LogP contribution in [0, 0.1) is 0 Å². The van der Waals surface area contributed by atoms with Crippen LogP contribution in [-0.4, -0.2) is 55.2 Å². The summed E-state index contributed by atoms with van der Waals surface area (Å²) < 4.78 is 31.6. The van der Waals surface area contributed by atoms with E-state index in [1.165, 1.54) is 28.6 Å². The zero-order chi connectivity index (χ0) is 23.0. The predicted molar refractivity (Wildman–Crippen MR) is 119 cm³/mol. The number of rotatable bonds is 10. The molecule has 1 amide bonds. The highest BCUT2D eigenvalue weighted by Crippen LogP contribution is 2.17. The second-order valence-electron chi connectivity index (χ2n) is 7.29. The number of hydrogen-bond donors (Lipinski definition) is 0. The minimum absolute atomic E-state index is 0.0593. The summed E-state index contributed by atoms with van der Waals surface area (Å²) in [5.41, 5.74) is 1.17. The maximum Gasteiger partial charge on any atom is 0.338 e. The topological polar surface area (TPSA) is 84.0 Å². The third-order valence-corrected chi connectivity index (χ3v) is 6.96. The molecule has 0 spiro atoms. The standard InChI is InChI=1S/C23H30N2O5S/c1-5-24(6-2)31(28,29)21-14-12-20(13-15-21)23(27)30-17-22(26)25(18(3)4)16-19-10-8-7-9-11-19/h7-15,18H,5-6,16-17H2,1-4H3. The quantitative estimate of drug-likeness (QED) is 0.523. The molecule has 0 radical (unpaired) electrons. The lowest BCUT2D eigenvalue weighted by molar-refractivity contribution is -0.136. The lowest BCUT2D eigenvalue weighted by atomic mass is 10.2. The molecule has 0 aliphatic carbocycles. The number of benzene rings is 2. The summed E-state index contributed by atoms with van der Waals surface area (Å²) in [5.74, 6) is -0.975. The van der Waals surface area contributed by atoms with Gasteiger partial charge in [0, 0.05) is 25.7 Å². The van der Waals surface area contributed by atoms with E-state index in [1.807, 2.05) is 44.2 Å². The zero-order valence-corrected chi connectivity index (χ0v) is 19.3. The van der Waals surface area contributed by atoms with Crippen molar-refractivity contribution in [2.24, 2.45) is 0 Å². The highest BCUT2D eigenvalue weighted by Gasteiger charge is 2.23. The van der Waals surface area contributed by atoms with Crippen LogP contribution in [0.1, 0.15) is 43.6 Å². The molecule has 0 unspecified atom stereocenters. The Morgan fingerprint density at radius 2 is 1.52 bits per heavy atom. The van der Waals surface area contributed by atoms with Crippen molar-refractivity contribution in [1.29, 1.82) is 0 Å². The third-order valence-electron chi connectivity index (χ3n) is 4.90. The molecule has 0 fully saturated rings. The van der Waals surface area contributed by atoms with Gasteiger partial charge in [-0.05, 0) is 43.7 Å². The molecule has 0 atom stereocenters. The van der Waals surface area contributed by atoms with Gasteiger partial charge >= 0.3 is 5.97 Å². The fourth-order valence-electron chi connectivity index (χ4n) is 3.11. The highest BCUT2D eigenvalue weighted by molar-refractivity contribution is 7.89. The predicted octanol–water partition coefficient (Wildman–Crippen LogP) is 3.31. The fourth-order valence-corrected chi connectivity index (χ4v) is 4.57. The fraction of sp³-hybridized carbons (Fsp3) is 0.391. The molecule has 2 aromatic carbocycles. The van der Waals surface area contributed by atoms with Crippen LogP contribution >= 0.6 is 0 Å². The monoisotopic (exact) mass is 446 g/mol. The lowest BCUT2D eigenvalue weighted by Crippen LogP contribution is -2.39. The largest absolute Gasteiger partial charge is 0.452 e. The normalized spacial score (nSPS) is 11.5. The van der Waals surface area contributed by atoms with Crippen molar-refractivity contribution in [2.45, 2.75) is 45.2 Å².